The van der Waals surface area contributed by atoms with Crippen molar-refractivity contribution in [2.45, 2.75) is 13.5 Å². The molecule has 0 spiro atoms. The Kier molecular flexibility index (Phi) is 3.19. The molecular formula is C14H16N2O. The van der Waals surface area contributed by atoms with Crippen LogP contribution in [0.5, 0.6) is 5.75 Å². The normalized spacial score (nSPS) is 10.2. The smallest absolute Gasteiger partial charge is 0.120 e. The van der Waals surface area contributed by atoms with Gasteiger partial charge in [-0.2, -0.15) is 0 Å². The number of nitrogen functional groups attached to an aromatic ring is 1. The van der Waals surface area contributed by atoms with Gasteiger partial charge in [0.1, 0.15) is 5.75 Å². The number of rotatable bonds is 3. The number of aromatic hydroxyl groups is 1. The molecule has 0 atom stereocenters. The average Bonchev–Trinajstić information content (AvgIpc) is 2.32. The summed E-state index contributed by atoms with van der Waals surface area (Å²) in [6.45, 7) is 2.52. The maximum absolute atomic E-state index is 9.59. The fourth-order valence-electron chi connectivity index (χ4n) is 1.61. The van der Waals surface area contributed by atoms with Gasteiger partial charge in [0.05, 0.1) is 0 Å². The van der Waals surface area contributed by atoms with Crippen LogP contribution < -0.4 is 11.1 Å². The highest BCUT2D eigenvalue weighted by atomic mass is 16.3. The number of phenols is 1. The van der Waals surface area contributed by atoms with Gasteiger partial charge >= 0.3 is 0 Å². The number of benzene rings is 2. The van der Waals surface area contributed by atoms with Gasteiger partial charge in [-0.3, -0.25) is 0 Å². The third-order valence-corrected chi connectivity index (χ3v) is 2.75. The molecule has 0 saturated heterocycles. The number of nitrogens with two attached hydrogens (primary N) is 1. The van der Waals surface area contributed by atoms with Gasteiger partial charge in [-0.15, -0.1) is 0 Å². The highest BCUT2D eigenvalue weighted by Crippen LogP contribution is 2.21. The molecule has 0 aromatic heterocycles. The van der Waals surface area contributed by atoms with Gasteiger partial charge in [0.2, 0.25) is 0 Å². The number of hydrogen-bond acceptors (Lipinski definition) is 3. The Morgan fingerprint density at radius 1 is 1.18 bits per heavy atom. The summed E-state index contributed by atoms with van der Waals surface area (Å²) >= 11 is 0. The Labute approximate surface area is 101 Å². The third-order valence-electron chi connectivity index (χ3n) is 2.75. The van der Waals surface area contributed by atoms with Crippen LogP contribution in [0.3, 0.4) is 0 Å². The Hall–Kier alpha value is -2.16. The minimum absolute atomic E-state index is 0.302. The zero-order valence-electron chi connectivity index (χ0n) is 9.77. The molecule has 0 amide bonds. The number of phenolic OH excluding ortho intramolecular Hbond substituents is 1. The number of hydrogen-bond donors (Lipinski definition) is 3. The van der Waals surface area contributed by atoms with Crippen molar-refractivity contribution in [3.63, 3.8) is 0 Å². The van der Waals surface area contributed by atoms with Gasteiger partial charge in [0, 0.05) is 24.0 Å². The first-order chi connectivity index (χ1) is 8.16. The topological polar surface area (TPSA) is 58.3 Å². The lowest BCUT2D eigenvalue weighted by Crippen LogP contribution is -2.02. The van der Waals surface area contributed by atoms with Crippen LogP contribution in [0.25, 0.3) is 0 Å². The van der Waals surface area contributed by atoms with E-state index in [2.05, 4.69) is 5.32 Å². The maximum Gasteiger partial charge on any atom is 0.120 e. The average molecular weight is 228 g/mol. The lowest BCUT2D eigenvalue weighted by molar-refractivity contribution is 0.471. The van der Waals surface area contributed by atoms with Crippen molar-refractivity contribution in [3.8, 4) is 5.75 Å². The highest BCUT2D eigenvalue weighted by Gasteiger charge is 2.00. The first-order valence-corrected chi connectivity index (χ1v) is 5.53. The van der Waals surface area contributed by atoms with Crippen molar-refractivity contribution in [2.75, 3.05) is 11.1 Å². The minimum atomic E-state index is 0.302. The zero-order valence-corrected chi connectivity index (χ0v) is 9.77. The van der Waals surface area contributed by atoms with Crippen LogP contribution in [-0.4, -0.2) is 5.11 Å². The van der Waals surface area contributed by atoms with Crippen molar-refractivity contribution >= 4 is 11.4 Å². The van der Waals surface area contributed by atoms with Crippen LogP contribution in [0.4, 0.5) is 11.4 Å². The highest BCUT2D eigenvalue weighted by molar-refractivity contribution is 5.53. The molecule has 0 bridgehead atoms. The molecule has 2 aromatic carbocycles. The largest absolute Gasteiger partial charge is 0.508 e. The fourth-order valence-corrected chi connectivity index (χ4v) is 1.61. The summed E-state index contributed by atoms with van der Waals surface area (Å²) < 4.78 is 0. The maximum atomic E-state index is 9.59. The molecule has 0 aliphatic rings. The second-order valence-corrected chi connectivity index (χ2v) is 4.05. The van der Waals surface area contributed by atoms with E-state index in [-0.39, 0.29) is 0 Å². The molecule has 0 fully saturated rings. The minimum Gasteiger partial charge on any atom is -0.508 e. The Balaban J connectivity index is 2.08. The third kappa shape index (κ3) is 2.69. The Morgan fingerprint density at radius 2 is 1.94 bits per heavy atom. The predicted octanol–water partition coefficient (Wildman–Crippen LogP) is 2.89. The van der Waals surface area contributed by atoms with E-state index in [4.69, 9.17) is 5.73 Å². The molecule has 0 saturated carbocycles. The van der Waals surface area contributed by atoms with Crippen LogP contribution >= 0.6 is 0 Å². The van der Waals surface area contributed by atoms with Gasteiger partial charge in [-0.25, -0.2) is 0 Å². The number of anilines is 2. The molecule has 3 nitrogen and oxygen atoms in total. The number of aryl methyl sites for hydroxylation is 1. The SMILES string of the molecule is Cc1ccc(NCc2ccccc2N)cc1O. The summed E-state index contributed by atoms with van der Waals surface area (Å²) in [6, 6.07) is 13.3. The monoisotopic (exact) mass is 228 g/mol. The van der Waals surface area contributed by atoms with Crippen LogP contribution in [0.1, 0.15) is 11.1 Å². The molecule has 0 unspecified atom stereocenters. The predicted molar refractivity (Wildman–Crippen MR) is 71.0 cm³/mol. The van der Waals surface area contributed by atoms with E-state index < -0.39 is 0 Å². The summed E-state index contributed by atoms with van der Waals surface area (Å²) in [6.07, 6.45) is 0. The summed E-state index contributed by atoms with van der Waals surface area (Å²) in [7, 11) is 0. The summed E-state index contributed by atoms with van der Waals surface area (Å²) in [5.41, 5.74) is 9.43. The first kappa shape index (κ1) is 11.3. The molecule has 0 aliphatic heterocycles. The Bertz CT molecular complexity index is 523. The molecule has 88 valence electrons. The van der Waals surface area contributed by atoms with Crippen LogP contribution in [0.15, 0.2) is 42.5 Å². The second-order valence-electron chi connectivity index (χ2n) is 4.05. The van der Waals surface area contributed by atoms with Crippen LogP contribution in [0.2, 0.25) is 0 Å². The lowest BCUT2D eigenvalue weighted by Gasteiger charge is -2.09. The molecule has 2 rings (SSSR count). The molecular weight excluding hydrogens is 212 g/mol. The first-order valence-electron chi connectivity index (χ1n) is 5.53. The molecule has 0 radical (unpaired) electrons. The van der Waals surface area contributed by atoms with Crippen molar-refractivity contribution < 1.29 is 5.11 Å². The van der Waals surface area contributed by atoms with Crippen molar-refractivity contribution in [3.05, 3.63) is 53.6 Å². The summed E-state index contributed by atoms with van der Waals surface area (Å²) in [5.74, 6) is 0.302. The van der Waals surface area contributed by atoms with E-state index >= 15 is 0 Å². The molecule has 4 N–H and O–H groups in total. The van der Waals surface area contributed by atoms with E-state index in [1.807, 2.05) is 43.3 Å². The van der Waals surface area contributed by atoms with E-state index in [9.17, 15) is 5.11 Å². The van der Waals surface area contributed by atoms with E-state index in [0.29, 0.717) is 12.3 Å². The zero-order chi connectivity index (χ0) is 12.3. The fraction of sp³-hybridized carbons (Fsp3) is 0.143. The standard InChI is InChI=1S/C14H16N2O/c1-10-6-7-12(8-14(10)17)16-9-11-4-2-3-5-13(11)15/h2-8,16-17H,9,15H2,1H3. The number of para-hydroxylation sites is 1. The van der Waals surface area contributed by atoms with E-state index in [1.54, 1.807) is 6.07 Å². The molecule has 2 aromatic rings. The molecule has 0 heterocycles. The quantitative estimate of drug-likeness (QED) is 0.708. The summed E-state index contributed by atoms with van der Waals surface area (Å²) in [5, 5.41) is 12.8. The lowest BCUT2D eigenvalue weighted by atomic mass is 10.1. The molecule has 17 heavy (non-hydrogen) atoms. The molecule has 3 heteroatoms. The second kappa shape index (κ2) is 4.78. The van der Waals surface area contributed by atoms with Gasteiger partial charge in [-0.1, -0.05) is 24.3 Å². The van der Waals surface area contributed by atoms with E-state index in [1.165, 1.54) is 0 Å². The van der Waals surface area contributed by atoms with Gasteiger partial charge in [-0.05, 0) is 30.2 Å². The van der Waals surface area contributed by atoms with Gasteiger partial charge in [0.15, 0.2) is 0 Å². The Morgan fingerprint density at radius 3 is 2.65 bits per heavy atom. The van der Waals surface area contributed by atoms with E-state index in [0.717, 1.165) is 22.5 Å². The van der Waals surface area contributed by atoms with Crippen molar-refractivity contribution in [2.24, 2.45) is 0 Å². The van der Waals surface area contributed by atoms with Crippen LogP contribution in [0, 0.1) is 6.92 Å². The van der Waals surface area contributed by atoms with Crippen molar-refractivity contribution in [1.29, 1.82) is 0 Å². The summed E-state index contributed by atoms with van der Waals surface area (Å²) in [4.78, 5) is 0. The van der Waals surface area contributed by atoms with Gasteiger partial charge in [0.25, 0.3) is 0 Å². The number of nitrogens with one attached hydrogen (secondary N) is 1. The molecule has 0 aliphatic carbocycles. The van der Waals surface area contributed by atoms with Crippen LogP contribution in [-0.2, 0) is 6.54 Å². The van der Waals surface area contributed by atoms with Gasteiger partial charge < -0.3 is 16.2 Å². The van der Waals surface area contributed by atoms with Crippen molar-refractivity contribution in [1.82, 2.24) is 0 Å².